The molecule has 2 unspecified atom stereocenters. The summed E-state index contributed by atoms with van der Waals surface area (Å²) in [5.74, 6) is -2.89. The minimum atomic E-state index is -0.627. The average molecular weight is 363 g/mol. The van der Waals surface area contributed by atoms with E-state index in [4.69, 9.17) is 0 Å². The number of para-hydroxylation sites is 1. The fourth-order valence-electron chi connectivity index (χ4n) is 5.14. The predicted molar refractivity (Wildman–Crippen MR) is 93.2 cm³/mol. The highest BCUT2D eigenvalue weighted by atomic mass is 19.1. The van der Waals surface area contributed by atoms with Gasteiger partial charge in [-0.15, -0.1) is 0 Å². The molecule has 2 atom stereocenters. The van der Waals surface area contributed by atoms with E-state index in [9.17, 15) is 17.6 Å². The Bertz CT molecular complexity index is 788. The lowest BCUT2D eigenvalue weighted by Gasteiger charge is -2.40. The van der Waals surface area contributed by atoms with Gasteiger partial charge in [0.1, 0.15) is 29.0 Å². The minimum Gasteiger partial charge on any atom is -0.358 e. The van der Waals surface area contributed by atoms with E-state index >= 15 is 0 Å². The van der Waals surface area contributed by atoms with Crippen molar-refractivity contribution >= 4 is 5.69 Å². The SMILES string of the molecule is CC1C(c2c(F)cccc2F)CC2(CCCC2)N1c1c(F)cccc1F. The van der Waals surface area contributed by atoms with Crippen molar-refractivity contribution in [1.29, 1.82) is 0 Å². The lowest BCUT2D eigenvalue weighted by Crippen LogP contribution is -2.46. The first-order valence-electron chi connectivity index (χ1n) is 9.12. The maximum Gasteiger partial charge on any atom is 0.149 e. The number of nitrogens with zero attached hydrogens (tertiary/aromatic N) is 1. The number of anilines is 1. The normalized spacial score (nSPS) is 24.6. The highest BCUT2D eigenvalue weighted by Gasteiger charge is 2.53. The Kier molecular flexibility index (Phi) is 4.20. The van der Waals surface area contributed by atoms with Gasteiger partial charge in [0.05, 0.1) is 0 Å². The molecular formula is C21H21F4N. The quantitative estimate of drug-likeness (QED) is 0.597. The Balaban J connectivity index is 1.86. The Hall–Kier alpha value is -2.04. The molecule has 4 rings (SSSR count). The molecule has 1 aliphatic heterocycles. The van der Waals surface area contributed by atoms with Crippen molar-refractivity contribution in [2.75, 3.05) is 4.90 Å². The fourth-order valence-corrected chi connectivity index (χ4v) is 5.14. The molecule has 1 heterocycles. The standard InChI is InChI=1S/C21H21F4N/c1-13-14(19-15(22)6-4-7-16(19)23)12-21(10-2-3-11-21)26(13)20-17(24)8-5-9-18(20)25/h4-9,13-14H,2-3,10-12H2,1H3. The van der Waals surface area contributed by atoms with Gasteiger partial charge in [-0.2, -0.15) is 0 Å². The molecule has 2 fully saturated rings. The number of rotatable bonds is 2. The van der Waals surface area contributed by atoms with Crippen LogP contribution in [-0.2, 0) is 0 Å². The number of halogens is 4. The van der Waals surface area contributed by atoms with Crippen molar-refractivity contribution in [3.8, 4) is 0 Å². The van der Waals surface area contributed by atoms with Crippen LogP contribution in [0, 0.1) is 23.3 Å². The number of hydrogen-bond donors (Lipinski definition) is 0. The van der Waals surface area contributed by atoms with Crippen LogP contribution in [0.25, 0.3) is 0 Å². The summed E-state index contributed by atoms with van der Waals surface area (Å²) in [6, 6.07) is 7.25. The fraction of sp³-hybridized carbons (Fsp3) is 0.429. The Morgan fingerprint density at radius 3 is 1.88 bits per heavy atom. The van der Waals surface area contributed by atoms with E-state index in [1.807, 2.05) is 6.92 Å². The molecule has 138 valence electrons. The van der Waals surface area contributed by atoms with Gasteiger partial charge in [0, 0.05) is 23.1 Å². The molecule has 2 aromatic carbocycles. The van der Waals surface area contributed by atoms with Gasteiger partial charge in [-0.1, -0.05) is 25.0 Å². The average Bonchev–Trinajstić information content (AvgIpc) is 3.15. The molecule has 0 N–H and O–H groups in total. The van der Waals surface area contributed by atoms with E-state index in [1.54, 1.807) is 4.90 Å². The van der Waals surface area contributed by atoms with Gasteiger partial charge < -0.3 is 4.90 Å². The molecule has 5 heteroatoms. The van der Waals surface area contributed by atoms with Crippen LogP contribution in [0.5, 0.6) is 0 Å². The second kappa shape index (κ2) is 6.29. The van der Waals surface area contributed by atoms with Crippen LogP contribution in [-0.4, -0.2) is 11.6 Å². The molecule has 26 heavy (non-hydrogen) atoms. The van der Waals surface area contributed by atoms with E-state index in [2.05, 4.69) is 0 Å². The topological polar surface area (TPSA) is 3.24 Å². The largest absolute Gasteiger partial charge is 0.358 e. The van der Waals surface area contributed by atoms with Crippen LogP contribution < -0.4 is 4.90 Å². The molecule has 1 nitrogen and oxygen atoms in total. The zero-order chi connectivity index (χ0) is 18.5. The number of hydrogen-bond acceptors (Lipinski definition) is 1. The first kappa shape index (κ1) is 17.4. The van der Waals surface area contributed by atoms with Gasteiger partial charge >= 0.3 is 0 Å². The Morgan fingerprint density at radius 1 is 0.846 bits per heavy atom. The Morgan fingerprint density at radius 2 is 1.35 bits per heavy atom. The molecule has 1 aliphatic carbocycles. The first-order valence-corrected chi connectivity index (χ1v) is 9.12. The minimum absolute atomic E-state index is 0.0329. The van der Waals surface area contributed by atoms with Crippen molar-refractivity contribution < 1.29 is 17.6 Å². The van der Waals surface area contributed by atoms with Crippen LogP contribution in [0.3, 0.4) is 0 Å². The maximum atomic E-state index is 14.6. The third-order valence-electron chi connectivity index (χ3n) is 6.18. The van der Waals surface area contributed by atoms with Gasteiger partial charge in [-0.05, 0) is 50.5 Å². The van der Waals surface area contributed by atoms with Crippen molar-refractivity contribution in [3.05, 3.63) is 65.2 Å². The molecule has 2 aromatic rings. The van der Waals surface area contributed by atoms with Gasteiger partial charge in [-0.25, -0.2) is 17.6 Å². The van der Waals surface area contributed by atoms with Crippen LogP contribution >= 0.6 is 0 Å². The second-order valence-electron chi connectivity index (χ2n) is 7.56. The van der Waals surface area contributed by atoms with Crippen LogP contribution in [0.1, 0.15) is 50.5 Å². The van der Waals surface area contributed by atoms with Crippen molar-refractivity contribution in [3.63, 3.8) is 0 Å². The van der Waals surface area contributed by atoms with Crippen molar-refractivity contribution in [1.82, 2.24) is 0 Å². The monoisotopic (exact) mass is 363 g/mol. The van der Waals surface area contributed by atoms with E-state index in [0.717, 1.165) is 25.7 Å². The van der Waals surface area contributed by atoms with E-state index in [1.165, 1.54) is 36.4 Å². The molecule has 0 radical (unpaired) electrons. The highest BCUT2D eigenvalue weighted by molar-refractivity contribution is 5.56. The molecule has 0 aromatic heterocycles. The molecule has 1 saturated heterocycles. The maximum absolute atomic E-state index is 14.6. The molecule has 0 bridgehead atoms. The summed E-state index contributed by atoms with van der Waals surface area (Å²) in [6.45, 7) is 1.81. The lowest BCUT2D eigenvalue weighted by molar-refractivity contribution is 0.413. The van der Waals surface area contributed by atoms with Gasteiger partial charge in [0.25, 0.3) is 0 Å². The van der Waals surface area contributed by atoms with Crippen LogP contribution in [0.4, 0.5) is 23.2 Å². The highest BCUT2D eigenvalue weighted by Crippen LogP contribution is 2.54. The summed E-state index contributed by atoms with van der Waals surface area (Å²) in [4.78, 5) is 1.78. The first-order chi connectivity index (χ1) is 12.4. The summed E-state index contributed by atoms with van der Waals surface area (Å²) in [7, 11) is 0. The predicted octanol–water partition coefficient (Wildman–Crippen LogP) is 5.94. The number of benzene rings is 2. The smallest absolute Gasteiger partial charge is 0.149 e. The van der Waals surface area contributed by atoms with Crippen LogP contribution in [0.2, 0.25) is 0 Å². The van der Waals surface area contributed by atoms with E-state index in [0.29, 0.717) is 6.42 Å². The molecule has 0 amide bonds. The third kappa shape index (κ3) is 2.51. The molecular weight excluding hydrogens is 342 g/mol. The zero-order valence-electron chi connectivity index (χ0n) is 14.6. The summed E-state index contributed by atoms with van der Waals surface area (Å²) >= 11 is 0. The van der Waals surface area contributed by atoms with Crippen molar-refractivity contribution in [2.24, 2.45) is 0 Å². The van der Waals surface area contributed by atoms with Gasteiger partial charge in [-0.3, -0.25) is 0 Å². The third-order valence-corrected chi connectivity index (χ3v) is 6.18. The Labute approximate surface area is 150 Å². The lowest BCUT2D eigenvalue weighted by atomic mass is 9.85. The molecule has 1 spiro atoms. The molecule has 1 saturated carbocycles. The molecule has 2 aliphatic rings. The second-order valence-corrected chi connectivity index (χ2v) is 7.56. The van der Waals surface area contributed by atoms with Crippen LogP contribution in [0.15, 0.2) is 36.4 Å². The van der Waals surface area contributed by atoms with Crippen molar-refractivity contribution in [2.45, 2.75) is 56.5 Å². The van der Waals surface area contributed by atoms with Gasteiger partial charge in [0.2, 0.25) is 0 Å². The zero-order valence-corrected chi connectivity index (χ0v) is 14.6. The summed E-state index contributed by atoms with van der Waals surface area (Å²) < 4.78 is 58.0. The summed E-state index contributed by atoms with van der Waals surface area (Å²) in [6.07, 6.45) is 3.95. The van der Waals surface area contributed by atoms with E-state index in [-0.39, 0.29) is 11.3 Å². The van der Waals surface area contributed by atoms with E-state index < -0.39 is 40.8 Å². The summed E-state index contributed by atoms with van der Waals surface area (Å²) in [5, 5.41) is 0. The summed E-state index contributed by atoms with van der Waals surface area (Å²) in [5.41, 5.74) is -0.492. The van der Waals surface area contributed by atoms with Gasteiger partial charge in [0.15, 0.2) is 0 Å².